The zero-order valence-electron chi connectivity index (χ0n) is 9.43. The van der Waals surface area contributed by atoms with Crippen molar-refractivity contribution in [2.24, 2.45) is 5.73 Å². The number of aryl methyl sites for hydroxylation is 1. The molecule has 5 heteroatoms. The third-order valence-corrected chi connectivity index (χ3v) is 2.18. The van der Waals surface area contributed by atoms with Crippen LogP contribution < -0.4 is 10.5 Å². The summed E-state index contributed by atoms with van der Waals surface area (Å²) in [4.78, 5) is 15.0. The number of aromatic nitrogens is 1. The summed E-state index contributed by atoms with van der Waals surface area (Å²) in [5.41, 5.74) is 6.94. The predicted octanol–water partition coefficient (Wildman–Crippen LogP) is 1.09. The summed E-state index contributed by atoms with van der Waals surface area (Å²) in [7, 11) is 0. The molecule has 0 aliphatic heterocycles. The van der Waals surface area contributed by atoms with Gasteiger partial charge in [0, 0.05) is 12.2 Å². The van der Waals surface area contributed by atoms with Crippen LogP contribution in [0, 0.1) is 6.92 Å². The van der Waals surface area contributed by atoms with Crippen molar-refractivity contribution in [1.82, 2.24) is 4.98 Å². The van der Waals surface area contributed by atoms with Gasteiger partial charge in [0.25, 0.3) is 0 Å². The Morgan fingerprint density at radius 1 is 1.62 bits per heavy atom. The zero-order chi connectivity index (χ0) is 12.1. The minimum atomic E-state index is -0.981. The third kappa shape index (κ3) is 2.93. The minimum absolute atomic E-state index is 0.229. The molecule has 1 unspecified atom stereocenters. The summed E-state index contributed by atoms with van der Waals surface area (Å²) in [6, 6.07) is 3.47. The molecule has 0 amide bonds. The summed E-state index contributed by atoms with van der Waals surface area (Å²) in [5, 5.41) is 8.88. The fraction of sp³-hybridized carbons (Fsp3) is 0.455. The molecule has 0 aliphatic rings. The van der Waals surface area contributed by atoms with E-state index in [1.54, 1.807) is 19.1 Å². The summed E-state index contributed by atoms with van der Waals surface area (Å²) in [5.74, 6) is -0.534. The molecule has 0 bridgehead atoms. The molecule has 0 fully saturated rings. The van der Waals surface area contributed by atoms with E-state index in [-0.39, 0.29) is 6.54 Å². The molecule has 16 heavy (non-hydrogen) atoms. The molecule has 1 rings (SSSR count). The Morgan fingerprint density at radius 3 is 2.81 bits per heavy atom. The molecule has 1 aromatic heterocycles. The van der Waals surface area contributed by atoms with Gasteiger partial charge in [0.05, 0.1) is 5.69 Å². The molecule has 0 spiro atoms. The number of rotatable bonds is 5. The predicted molar refractivity (Wildman–Crippen MR) is 59.2 cm³/mol. The Kier molecular flexibility index (Phi) is 4.25. The van der Waals surface area contributed by atoms with E-state index >= 15 is 0 Å². The van der Waals surface area contributed by atoms with Gasteiger partial charge in [-0.2, -0.15) is 0 Å². The molecule has 3 N–H and O–H groups in total. The Balaban J connectivity index is 2.91. The molecule has 0 radical (unpaired) electrons. The molecular weight excluding hydrogens is 208 g/mol. The van der Waals surface area contributed by atoms with E-state index in [2.05, 4.69) is 4.98 Å². The second-order valence-electron chi connectivity index (χ2n) is 3.45. The number of aliphatic carboxylic acids is 1. The van der Waals surface area contributed by atoms with Crippen LogP contribution in [0.3, 0.4) is 0 Å². The van der Waals surface area contributed by atoms with Crippen molar-refractivity contribution in [3.63, 3.8) is 0 Å². The molecule has 0 saturated carbocycles. The highest BCUT2D eigenvalue weighted by molar-refractivity contribution is 5.72. The topological polar surface area (TPSA) is 85.4 Å². The lowest BCUT2D eigenvalue weighted by molar-refractivity contribution is -0.145. The SMILES string of the molecule is CCC(Oc1ccc(C)nc1CN)C(=O)O. The molecule has 0 saturated heterocycles. The monoisotopic (exact) mass is 224 g/mol. The highest BCUT2D eigenvalue weighted by atomic mass is 16.5. The number of carboxylic acids is 1. The summed E-state index contributed by atoms with van der Waals surface area (Å²) in [6.45, 7) is 3.83. The first-order chi connectivity index (χ1) is 7.58. The van der Waals surface area contributed by atoms with Crippen LogP contribution >= 0.6 is 0 Å². The smallest absolute Gasteiger partial charge is 0.344 e. The maximum absolute atomic E-state index is 10.8. The van der Waals surface area contributed by atoms with Crippen LogP contribution in [0.4, 0.5) is 0 Å². The highest BCUT2D eigenvalue weighted by Gasteiger charge is 2.18. The number of ether oxygens (including phenoxy) is 1. The highest BCUT2D eigenvalue weighted by Crippen LogP contribution is 2.18. The Bertz CT molecular complexity index is 379. The minimum Gasteiger partial charge on any atom is -0.479 e. The second-order valence-corrected chi connectivity index (χ2v) is 3.45. The van der Waals surface area contributed by atoms with E-state index in [0.29, 0.717) is 17.9 Å². The van der Waals surface area contributed by atoms with Crippen molar-refractivity contribution >= 4 is 5.97 Å². The van der Waals surface area contributed by atoms with Crippen molar-refractivity contribution in [3.05, 3.63) is 23.5 Å². The lowest BCUT2D eigenvalue weighted by atomic mass is 10.2. The normalized spacial score (nSPS) is 12.2. The van der Waals surface area contributed by atoms with Gasteiger partial charge in [0.1, 0.15) is 5.75 Å². The van der Waals surface area contributed by atoms with E-state index < -0.39 is 12.1 Å². The number of nitrogens with zero attached hydrogens (tertiary/aromatic N) is 1. The Labute approximate surface area is 94.2 Å². The van der Waals surface area contributed by atoms with Gasteiger partial charge < -0.3 is 15.6 Å². The second kappa shape index (κ2) is 5.46. The van der Waals surface area contributed by atoms with Crippen molar-refractivity contribution in [3.8, 4) is 5.75 Å². The van der Waals surface area contributed by atoms with Crippen LogP contribution in [0.1, 0.15) is 24.7 Å². The van der Waals surface area contributed by atoms with E-state index in [1.165, 1.54) is 0 Å². The van der Waals surface area contributed by atoms with Gasteiger partial charge in [-0.05, 0) is 25.5 Å². The lowest BCUT2D eigenvalue weighted by Gasteiger charge is -2.15. The van der Waals surface area contributed by atoms with Gasteiger partial charge >= 0.3 is 5.97 Å². The van der Waals surface area contributed by atoms with E-state index in [0.717, 1.165) is 5.69 Å². The fourth-order valence-corrected chi connectivity index (χ4v) is 1.31. The molecule has 0 aliphatic carbocycles. The number of hydrogen-bond donors (Lipinski definition) is 2. The largest absolute Gasteiger partial charge is 0.479 e. The average Bonchev–Trinajstić information content (AvgIpc) is 2.26. The van der Waals surface area contributed by atoms with Crippen LogP contribution in [0.15, 0.2) is 12.1 Å². The first kappa shape index (κ1) is 12.4. The number of nitrogens with two attached hydrogens (primary N) is 1. The first-order valence-corrected chi connectivity index (χ1v) is 5.14. The van der Waals surface area contributed by atoms with E-state index in [1.807, 2.05) is 6.92 Å². The van der Waals surface area contributed by atoms with Crippen LogP contribution in [0.25, 0.3) is 0 Å². The van der Waals surface area contributed by atoms with Gasteiger partial charge in [-0.15, -0.1) is 0 Å². The van der Waals surface area contributed by atoms with Crippen LogP contribution in [-0.4, -0.2) is 22.2 Å². The standard InChI is InChI=1S/C11H16N2O3/c1-3-9(11(14)15)16-10-5-4-7(2)13-8(10)6-12/h4-5,9H,3,6,12H2,1-2H3,(H,14,15). The summed E-state index contributed by atoms with van der Waals surface area (Å²) < 4.78 is 5.36. The van der Waals surface area contributed by atoms with Gasteiger partial charge in [-0.25, -0.2) is 4.79 Å². The number of hydrogen-bond acceptors (Lipinski definition) is 4. The molecule has 1 atom stereocenters. The quantitative estimate of drug-likeness (QED) is 0.782. The Hall–Kier alpha value is -1.62. The molecule has 1 heterocycles. The maximum Gasteiger partial charge on any atom is 0.344 e. The maximum atomic E-state index is 10.8. The molecular formula is C11H16N2O3. The van der Waals surface area contributed by atoms with Crippen molar-refractivity contribution in [1.29, 1.82) is 0 Å². The zero-order valence-corrected chi connectivity index (χ0v) is 9.43. The molecule has 1 aromatic rings. The summed E-state index contributed by atoms with van der Waals surface area (Å²) >= 11 is 0. The van der Waals surface area contributed by atoms with Gasteiger partial charge in [-0.1, -0.05) is 6.92 Å². The van der Waals surface area contributed by atoms with Crippen LogP contribution in [-0.2, 0) is 11.3 Å². The van der Waals surface area contributed by atoms with Crippen LogP contribution in [0.5, 0.6) is 5.75 Å². The molecule has 0 aromatic carbocycles. The third-order valence-electron chi connectivity index (χ3n) is 2.18. The average molecular weight is 224 g/mol. The van der Waals surface area contributed by atoms with Crippen molar-refractivity contribution < 1.29 is 14.6 Å². The van der Waals surface area contributed by atoms with Gasteiger partial charge in [0.15, 0.2) is 6.10 Å². The number of carboxylic acid groups (broad SMARTS) is 1. The van der Waals surface area contributed by atoms with E-state index in [4.69, 9.17) is 15.6 Å². The lowest BCUT2D eigenvalue weighted by Crippen LogP contribution is -2.26. The first-order valence-electron chi connectivity index (χ1n) is 5.14. The summed E-state index contributed by atoms with van der Waals surface area (Å²) in [6.07, 6.45) is -0.456. The van der Waals surface area contributed by atoms with Gasteiger partial charge in [0.2, 0.25) is 0 Å². The van der Waals surface area contributed by atoms with Crippen molar-refractivity contribution in [2.75, 3.05) is 0 Å². The van der Waals surface area contributed by atoms with Crippen LogP contribution in [0.2, 0.25) is 0 Å². The number of pyridine rings is 1. The Morgan fingerprint density at radius 2 is 2.31 bits per heavy atom. The van der Waals surface area contributed by atoms with E-state index in [9.17, 15) is 4.79 Å². The molecule has 5 nitrogen and oxygen atoms in total. The van der Waals surface area contributed by atoms with Gasteiger partial charge in [-0.3, -0.25) is 4.98 Å². The van der Waals surface area contributed by atoms with Crippen molar-refractivity contribution in [2.45, 2.75) is 32.9 Å². The number of carbonyl (C=O) groups is 1. The molecule has 88 valence electrons. The fourth-order valence-electron chi connectivity index (χ4n) is 1.31.